The lowest BCUT2D eigenvalue weighted by molar-refractivity contribution is -0.384. The molecule has 3 aromatic rings. The Morgan fingerprint density at radius 2 is 1.50 bits per heavy atom. The van der Waals surface area contributed by atoms with Crippen LogP contribution in [0.25, 0.3) is 0 Å². The SMILES string of the molecule is CC(C)C[C@H](NS(=O)(=O)c1ccc([N+](=O)[O-])cc1)C(=O)N[C@@H](Cc1ccc(OCc2ccccc2)cc1)C(=O)OC(C)(C)C. The van der Waals surface area contributed by atoms with Gasteiger partial charge < -0.3 is 14.8 Å². The molecule has 0 bridgehead atoms. The van der Waals surface area contributed by atoms with Crippen molar-refractivity contribution >= 4 is 27.6 Å². The molecule has 44 heavy (non-hydrogen) atoms. The Morgan fingerprint density at radius 3 is 2.05 bits per heavy atom. The molecule has 0 spiro atoms. The van der Waals surface area contributed by atoms with E-state index in [0.29, 0.717) is 12.4 Å². The van der Waals surface area contributed by atoms with E-state index in [1.807, 2.05) is 44.2 Å². The van der Waals surface area contributed by atoms with Crippen LogP contribution in [0.3, 0.4) is 0 Å². The number of amides is 1. The Kier molecular flexibility index (Phi) is 11.6. The second-order valence-electron chi connectivity index (χ2n) is 11.8. The van der Waals surface area contributed by atoms with Crippen molar-refractivity contribution in [3.63, 3.8) is 0 Å². The molecule has 0 heterocycles. The Balaban J connectivity index is 1.78. The van der Waals surface area contributed by atoms with Crippen molar-refractivity contribution in [2.45, 2.75) is 76.6 Å². The lowest BCUT2D eigenvalue weighted by Gasteiger charge is -2.27. The minimum absolute atomic E-state index is 0.0864. The van der Waals surface area contributed by atoms with Crippen molar-refractivity contribution in [3.05, 3.63) is 100 Å². The highest BCUT2D eigenvalue weighted by atomic mass is 32.2. The summed E-state index contributed by atoms with van der Waals surface area (Å²) in [7, 11) is -4.23. The number of hydrogen-bond acceptors (Lipinski definition) is 8. The van der Waals surface area contributed by atoms with Gasteiger partial charge in [-0.1, -0.05) is 56.3 Å². The lowest BCUT2D eigenvalue weighted by atomic mass is 10.0. The van der Waals surface area contributed by atoms with Gasteiger partial charge in [0.2, 0.25) is 15.9 Å². The van der Waals surface area contributed by atoms with E-state index in [2.05, 4.69) is 10.0 Å². The van der Waals surface area contributed by atoms with Crippen LogP contribution in [-0.4, -0.2) is 42.9 Å². The van der Waals surface area contributed by atoms with Gasteiger partial charge >= 0.3 is 5.97 Å². The highest BCUT2D eigenvalue weighted by molar-refractivity contribution is 7.89. The topological polar surface area (TPSA) is 154 Å². The van der Waals surface area contributed by atoms with Gasteiger partial charge in [-0.15, -0.1) is 0 Å². The minimum Gasteiger partial charge on any atom is -0.489 e. The number of nitro groups is 1. The van der Waals surface area contributed by atoms with Crippen molar-refractivity contribution < 1.29 is 32.4 Å². The van der Waals surface area contributed by atoms with Crippen LogP contribution >= 0.6 is 0 Å². The molecule has 1 amide bonds. The van der Waals surface area contributed by atoms with Gasteiger partial charge in [-0.3, -0.25) is 14.9 Å². The molecule has 0 radical (unpaired) electrons. The lowest BCUT2D eigenvalue weighted by Crippen LogP contribution is -2.53. The number of carbonyl (C=O) groups excluding carboxylic acids is 2. The highest BCUT2D eigenvalue weighted by Crippen LogP contribution is 2.19. The van der Waals surface area contributed by atoms with Crippen LogP contribution in [0, 0.1) is 16.0 Å². The van der Waals surface area contributed by atoms with E-state index in [1.54, 1.807) is 45.0 Å². The summed E-state index contributed by atoms with van der Waals surface area (Å²) in [5.74, 6) is -0.832. The van der Waals surface area contributed by atoms with Crippen molar-refractivity contribution in [2.24, 2.45) is 5.92 Å². The molecule has 0 saturated heterocycles. The summed E-state index contributed by atoms with van der Waals surface area (Å²) < 4.78 is 40.1. The first-order valence-electron chi connectivity index (χ1n) is 14.2. The van der Waals surface area contributed by atoms with E-state index in [-0.39, 0.29) is 29.3 Å². The summed E-state index contributed by atoms with van der Waals surface area (Å²) in [5.41, 5.74) is 0.644. The second kappa shape index (κ2) is 14.9. The molecule has 0 aromatic heterocycles. The van der Waals surface area contributed by atoms with E-state index in [9.17, 15) is 28.1 Å². The van der Waals surface area contributed by atoms with Crippen LogP contribution in [0.4, 0.5) is 5.69 Å². The molecule has 3 aromatic carbocycles. The second-order valence-corrected chi connectivity index (χ2v) is 13.5. The molecule has 3 rings (SSSR count). The third-order valence-corrected chi connectivity index (χ3v) is 7.79. The van der Waals surface area contributed by atoms with Crippen LogP contribution in [0.5, 0.6) is 5.75 Å². The predicted octanol–water partition coefficient (Wildman–Crippen LogP) is 4.94. The maximum absolute atomic E-state index is 13.5. The molecule has 0 aliphatic carbocycles. The Labute approximate surface area is 258 Å². The number of benzene rings is 3. The molecule has 0 saturated carbocycles. The molecule has 0 unspecified atom stereocenters. The van der Waals surface area contributed by atoms with Crippen molar-refractivity contribution in [1.29, 1.82) is 0 Å². The molecule has 2 N–H and O–H groups in total. The zero-order valence-electron chi connectivity index (χ0n) is 25.5. The van der Waals surface area contributed by atoms with E-state index in [4.69, 9.17) is 9.47 Å². The van der Waals surface area contributed by atoms with E-state index < -0.39 is 44.5 Å². The number of sulfonamides is 1. The molecule has 12 heteroatoms. The zero-order valence-corrected chi connectivity index (χ0v) is 26.3. The largest absolute Gasteiger partial charge is 0.489 e. The summed E-state index contributed by atoms with van der Waals surface area (Å²) in [5, 5.41) is 13.7. The van der Waals surface area contributed by atoms with Crippen molar-refractivity contribution in [2.75, 3.05) is 0 Å². The predicted molar refractivity (Wildman–Crippen MR) is 165 cm³/mol. The number of ether oxygens (including phenoxy) is 2. The van der Waals surface area contributed by atoms with Crippen LogP contribution < -0.4 is 14.8 Å². The molecule has 11 nitrogen and oxygen atoms in total. The number of non-ortho nitro benzene ring substituents is 1. The first-order chi connectivity index (χ1) is 20.6. The van der Waals surface area contributed by atoms with E-state index >= 15 is 0 Å². The number of rotatable bonds is 14. The summed E-state index contributed by atoms with van der Waals surface area (Å²) in [4.78, 5) is 36.8. The molecule has 2 atom stereocenters. The van der Waals surface area contributed by atoms with Crippen molar-refractivity contribution in [1.82, 2.24) is 10.0 Å². The van der Waals surface area contributed by atoms with E-state index in [0.717, 1.165) is 35.4 Å². The number of nitrogens with one attached hydrogen (secondary N) is 2. The van der Waals surface area contributed by atoms with Gasteiger partial charge in [-0.2, -0.15) is 4.72 Å². The summed E-state index contributed by atoms with van der Waals surface area (Å²) in [6, 6.07) is 18.8. The number of nitro benzene ring substituents is 1. The van der Waals surface area contributed by atoms with Gasteiger partial charge in [0, 0.05) is 18.6 Å². The summed E-state index contributed by atoms with van der Waals surface area (Å²) in [6.45, 7) is 9.18. The summed E-state index contributed by atoms with van der Waals surface area (Å²) in [6.07, 6.45) is 0.218. The maximum atomic E-state index is 13.5. The van der Waals surface area contributed by atoms with Gasteiger partial charge in [0.15, 0.2) is 0 Å². The Bertz CT molecular complexity index is 1520. The molecule has 0 aliphatic rings. The van der Waals surface area contributed by atoms with Crippen LogP contribution in [0.1, 0.15) is 52.2 Å². The number of esters is 1. The Morgan fingerprint density at radius 1 is 0.886 bits per heavy atom. The maximum Gasteiger partial charge on any atom is 0.329 e. The third-order valence-electron chi connectivity index (χ3n) is 6.30. The smallest absolute Gasteiger partial charge is 0.329 e. The molecule has 236 valence electrons. The quantitative estimate of drug-likeness (QED) is 0.145. The summed E-state index contributed by atoms with van der Waals surface area (Å²) >= 11 is 0. The van der Waals surface area contributed by atoms with Gasteiger partial charge in [0.1, 0.15) is 30.0 Å². The van der Waals surface area contributed by atoms with Crippen LogP contribution in [-0.2, 0) is 37.4 Å². The van der Waals surface area contributed by atoms with Crippen molar-refractivity contribution in [3.8, 4) is 5.75 Å². The van der Waals surface area contributed by atoms with Gasteiger partial charge in [-0.05, 0) is 68.5 Å². The average molecular weight is 626 g/mol. The normalized spacial score (nSPS) is 13.1. The number of carbonyl (C=O) groups is 2. The average Bonchev–Trinajstić information content (AvgIpc) is 2.95. The first kappa shape index (κ1) is 34.2. The van der Waals surface area contributed by atoms with E-state index in [1.165, 1.54) is 0 Å². The Hall–Kier alpha value is -4.29. The number of hydrogen-bond donors (Lipinski definition) is 2. The highest BCUT2D eigenvalue weighted by Gasteiger charge is 2.32. The van der Waals surface area contributed by atoms with Gasteiger partial charge in [-0.25, -0.2) is 13.2 Å². The standard InChI is InChI=1S/C32H39N3O8S/c1-22(2)19-28(34-44(40,41)27-17-13-25(14-18-27)35(38)39)30(36)33-29(31(37)43-32(3,4)5)20-23-11-15-26(16-12-23)42-21-24-9-7-6-8-10-24/h6-18,22,28-29,34H,19-21H2,1-5H3,(H,33,36)/t28-,29-/m0/s1. The van der Waals surface area contributed by atoms with Crippen LogP contribution in [0.15, 0.2) is 83.8 Å². The number of nitrogens with zero attached hydrogens (tertiary/aromatic N) is 1. The van der Waals surface area contributed by atoms with Crippen LogP contribution in [0.2, 0.25) is 0 Å². The molecular weight excluding hydrogens is 586 g/mol. The van der Waals surface area contributed by atoms with Gasteiger partial charge in [0.05, 0.1) is 9.82 Å². The van der Waals surface area contributed by atoms with Gasteiger partial charge in [0.25, 0.3) is 5.69 Å². The fourth-order valence-corrected chi connectivity index (χ4v) is 5.43. The molecule has 0 fully saturated rings. The minimum atomic E-state index is -4.23. The fourth-order valence-electron chi connectivity index (χ4n) is 4.22. The first-order valence-corrected chi connectivity index (χ1v) is 15.7. The monoisotopic (exact) mass is 625 g/mol. The molecular formula is C32H39N3O8S. The fraction of sp³-hybridized carbons (Fsp3) is 0.375. The molecule has 0 aliphatic heterocycles. The third kappa shape index (κ3) is 10.8. The zero-order chi connectivity index (χ0) is 32.5.